The van der Waals surface area contributed by atoms with Crippen LogP contribution in [0.2, 0.25) is 10.0 Å². The van der Waals surface area contributed by atoms with Crippen LogP contribution in [0.3, 0.4) is 0 Å². The lowest BCUT2D eigenvalue weighted by atomic mass is 10.2. The van der Waals surface area contributed by atoms with Gasteiger partial charge in [-0.1, -0.05) is 23.2 Å². The van der Waals surface area contributed by atoms with Gasteiger partial charge in [0, 0.05) is 17.1 Å². The number of benzene rings is 2. The first kappa shape index (κ1) is 21.2. The summed E-state index contributed by atoms with van der Waals surface area (Å²) in [6.07, 6.45) is 1.67. The van der Waals surface area contributed by atoms with E-state index in [1.165, 1.54) is 31.0 Å². The van der Waals surface area contributed by atoms with Crippen LogP contribution in [0.25, 0.3) is 6.08 Å². The molecule has 6 nitrogen and oxygen atoms in total. The van der Waals surface area contributed by atoms with Gasteiger partial charge < -0.3 is 9.84 Å². The first-order valence-electron chi connectivity index (χ1n) is 8.50. The average Bonchev–Trinajstić information content (AvgIpc) is 2.96. The number of thioether (sulfide) groups is 1. The topological polar surface area (TPSA) is 79.2 Å². The van der Waals surface area contributed by atoms with E-state index < -0.39 is 5.97 Å². The maximum absolute atomic E-state index is 12.8. The van der Waals surface area contributed by atoms with Gasteiger partial charge in [0.1, 0.15) is 5.75 Å². The van der Waals surface area contributed by atoms with Crippen molar-refractivity contribution in [1.29, 1.82) is 0 Å². The molecule has 0 spiro atoms. The molecule has 1 heterocycles. The second kappa shape index (κ2) is 8.90. The predicted octanol–water partition coefficient (Wildman–Crippen LogP) is 5.32. The number of halogens is 2. The number of hydrogen-bond donors (Lipinski definition) is 1. The Hall–Kier alpha value is -2.48. The molecule has 0 aromatic heterocycles. The number of aromatic carboxylic acids is 1. The number of likely N-dealkylation sites (N-methyl/N-ethyl adjacent to an activating group) is 1. The fourth-order valence-corrected chi connectivity index (χ4v) is 4.34. The molecule has 150 valence electrons. The van der Waals surface area contributed by atoms with Crippen LogP contribution in [0.4, 0.5) is 5.69 Å². The van der Waals surface area contributed by atoms with E-state index in [-0.39, 0.29) is 11.5 Å². The van der Waals surface area contributed by atoms with Gasteiger partial charge in [0.15, 0.2) is 5.17 Å². The first-order chi connectivity index (χ1) is 13.8. The molecule has 0 bridgehead atoms. The molecule has 29 heavy (non-hydrogen) atoms. The summed E-state index contributed by atoms with van der Waals surface area (Å²) in [6.45, 7) is 2.28. The average molecular weight is 451 g/mol. The van der Waals surface area contributed by atoms with Crippen molar-refractivity contribution in [2.24, 2.45) is 4.99 Å². The minimum Gasteiger partial charge on any atom is -0.495 e. The van der Waals surface area contributed by atoms with Gasteiger partial charge in [-0.3, -0.25) is 9.69 Å². The van der Waals surface area contributed by atoms with E-state index in [0.29, 0.717) is 43.7 Å². The van der Waals surface area contributed by atoms with Crippen molar-refractivity contribution in [1.82, 2.24) is 4.90 Å². The Kier molecular flexibility index (Phi) is 6.52. The molecule has 0 aliphatic carbocycles. The molecule has 0 radical (unpaired) electrons. The van der Waals surface area contributed by atoms with Crippen LogP contribution in [0.5, 0.6) is 5.75 Å². The molecular weight excluding hydrogens is 435 g/mol. The highest BCUT2D eigenvalue weighted by Crippen LogP contribution is 2.38. The minimum absolute atomic E-state index is 0.168. The largest absolute Gasteiger partial charge is 0.495 e. The zero-order chi connectivity index (χ0) is 21.1. The van der Waals surface area contributed by atoms with Crippen LogP contribution >= 0.6 is 35.0 Å². The van der Waals surface area contributed by atoms with Gasteiger partial charge >= 0.3 is 5.97 Å². The molecule has 9 heteroatoms. The summed E-state index contributed by atoms with van der Waals surface area (Å²) in [5.74, 6) is -0.782. The highest BCUT2D eigenvalue weighted by atomic mass is 35.5. The summed E-state index contributed by atoms with van der Waals surface area (Å²) in [4.78, 5) is 30.3. The molecule has 1 aliphatic heterocycles. The lowest BCUT2D eigenvalue weighted by Gasteiger charge is -2.12. The summed E-state index contributed by atoms with van der Waals surface area (Å²) in [6, 6.07) is 9.36. The van der Waals surface area contributed by atoms with Gasteiger partial charge in [-0.2, -0.15) is 0 Å². The number of carboxylic acid groups (broad SMARTS) is 1. The molecule has 0 saturated carbocycles. The standard InChI is InChI=1S/C20H16Cl2N2O4S/c1-3-24-18(25)16(9-12-8-13(21)10-15(22)17(12)28-2)29-20(24)23-14-6-4-11(5-7-14)19(26)27/h4-10H,3H2,1-2H3,(H,26,27)/b16-9-,23-20?. The van der Waals surface area contributed by atoms with Gasteiger partial charge in [0.25, 0.3) is 5.91 Å². The Morgan fingerprint density at radius 2 is 1.97 bits per heavy atom. The molecule has 1 N–H and O–H groups in total. The molecular formula is C20H16Cl2N2O4S. The Balaban J connectivity index is 1.97. The zero-order valence-corrected chi connectivity index (χ0v) is 17.8. The van der Waals surface area contributed by atoms with Crippen molar-refractivity contribution < 1.29 is 19.4 Å². The minimum atomic E-state index is -1.01. The van der Waals surface area contributed by atoms with Crippen LogP contribution < -0.4 is 4.74 Å². The fraction of sp³-hybridized carbons (Fsp3) is 0.150. The number of carbonyl (C=O) groups is 2. The second-order valence-electron chi connectivity index (χ2n) is 5.92. The number of methoxy groups -OCH3 is 1. The third-order valence-corrected chi connectivity index (χ3v) is 5.58. The van der Waals surface area contributed by atoms with Crippen LogP contribution in [-0.4, -0.2) is 40.7 Å². The summed E-state index contributed by atoms with van der Waals surface area (Å²) < 4.78 is 5.34. The normalized spacial score (nSPS) is 16.7. The van der Waals surface area contributed by atoms with Gasteiger partial charge in [-0.15, -0.1) is 0 Å². The van der Waals surface area contributed by atoms with Crippen LogP contribution in [-0.2, 0) is 4.79 Å². The Morgan fingerprint density at radius 1 is 1.28 bits per heavy atom. The molecule has 1 amide bonds. The molecule has 0 atom stereocenters. The van der Waals surface area contributed by atoms with E-state index in [4.69, 9.17) is 33.0 Å². The highest BCUT2D eigenvalue weighted by Gasteiger charge is 2.32. The van der Waals surface area contributed by atoms with E-state index in [1.54, 1.807) is 35.2 Å². The molecule has 2 aromatic carbocycles. The summed E-state index contributed by atoms with van der Waals surface area (Å²) in [7, 11) is 1.49. The van der Waals surface area contributed by atoms with E-state index >= 15 is 0 Å². The van der Waals surface area contributed by atoms with Crippen molar-refractivity contribution in [3.63, 3.8) is 0 Å². The number of nitrogens with zero attached hydrogens (tertiary/aromatic N) is 2. The number of rotatable bonds is 5. The van der Waals surface area contributed by atoms with Crippen molar-refractivity contribution in [3.8, 4) is 5.75 Å². The Bertz CT molecular complexity index is 1040. The van der Waals surface area contributed by atoms with Gasteiger partial charge in [0.2, 0.25) is 0 Å². The number of aliphatic imine (C=N–C) groups is 1. The first-order valence-corrected chi connectivity index (χ1v) is 10.1. The maximum Gasteiger partial charge on any atom is 0.335 e. The summed E-state index contributed by atoms with van der Waals surface area (Å²) in [5.41, 5.74) is 1.30. The molecule has 1 aliphatic rings. The summed E-state index contributed by atoms with van der Waals surface area (Å²) in [5, 5.41) is 10.3. The smallest absolute Gasteiger partial charge is 0.335 e. The van der Waals surface area contributed by atoms with Crippen LogP contribution in [0.15, 0.2) is 46.3 Å². The van der Waals surface area contributed by atoms with Crippen molar-refractivity contribution in [3.05, 3.63) is 62.5 Å². The lowest BCUT2D eigenvalue weighted by Crippen LogP contribution is -2.28. The van der Waals surface area contributed by atoms with E-state index in [1.807, 2.05) is 6.92 Å². The number of hydrogen-bond acceptors (Lipinski definition) is 5. The predicted molar refractivity (Wildman–Crippen MR) is 116 cm³/mol. The van der Waals surface area contributed by atoms with Crippen LogP contribution in [0.1, 0.15) is 22.8 Å². The van der Waals surface area contributed by atoms with Crippen molar-refractivity contribution >= 4 is 63.8 Å². The van der Waals surface area contributed by atoms with E-state index in [9.17, 15) is 9.59 Å². The SMILES string of the molecule is CCN1C(=O)/C(=C/c2cc(Cl)cc(Cl)c2OC)SC1=Nc1ccc(C(=O)O)cc1. The molecule has 3 rings (SSSR count). The fourth-order valence-electron chi connectivity index (χ4n) is 2.70. The lowest BCUT2D eigenvalue weighted by molar-refractivity contribution is -0.122. The molecule has 1 saturated heterocycles. The third-order valence-electron chi connectivity index (χ3n) is 4.07. The number of carbonyl (C=O) groups excluding carboxylic acids is 1. The van der Waals surface area contributed by atoms with E-state index in [2.05, 4.69) is 4.99 Å². The second-order valence-corrected chi connectivity index (χ2v) is 7.77. The maximum atomic E-state index is 12.8. The number of carboxylic acids is 1. The van der Waals surface area contributed by atoms with Crippen LogP contribution in [0, 0.1) is 0 Å². The summed E-state index contributed by atoms with van der Waals surface area (Å²) >= 11 is 13.5. The number of ether oxygens (including phenoxy) is 1. The Morgan fingerprint density at radius 3 is 2.55 bits per heavy atom. The molecule has 2 aromatic rings. The Labute approximate surface area is 181 Å². The highest BCUT2D eigenvalue weighted by molar-refractivity contribution is 8.18. The van der Waals surface area contributed by atoms with Gasteiger partial charge in [-0.25, -0.2) is 9.79 Å². The molecule has 1 fully saturated rings. The number of amides is 1. The van der Waals surface area contributed by atoms with E-state index in [0.717, 1.165) is 0 Å². The van der Waals surface area contributed by atoms with Gasteiger partial charge in [0.05, 0.1) is 28.3 Å². The van der Waals surface area contributed by atoms with Gasteiger partial charge in [-0.05, 0) is 61.2 Å². The molecule has 0 unspecified atom stereocenters. The number of amidine groups is 1. The van der Waals surface area contributed by atoms with Crippen molar-refractivity contribution in [2.45, 2.75) is 6.92 Å². The zero-order valence-electron chi connectivity index (χ0n) is 15.5. The van der Waals surface area contributed by atoms with Crippen molar-refractivity contribution in [2.75, 3.05) is 13.7 Å². The third kappa shape index (κ3) is 4.58. The monoisotopic (exact) mass is 450 g/mol. The quantitative estimate of drug-likeness (QED) is 0.623.